The molecule has 1 atom stereocenters. The van der Waals surface area contributed by atoms with Crippen LogP contribution in [-0.4, -0.2) is 40.8 Å². The van der Waals surface area contributed by atoms with E-state index < -0.39 is 16.0 Å². The molecule has 3 N–H and O–H groups in total. The van der Waals surface area contributed by atoms with Crippen LogP contribution in [0, 0.1) is 0 Å². The molecule has 1 aromatic rings. The summed E-state index contributed by atoms with van der Waals surface area (Å²) in [5, 5.41) is 0. The third-order valence-electron chi connectivity index (χ3n) is 3.18. The van der Waals surface area contributed by atoms with Crippen LogP contribution in [0.2, 0.25) is 0 Å². The van der Waals surface area contributed by atoms with Gasteiger partial charge in [0.25, 0.3) is 0 Å². The summed E-state index contributed by atoms with van der Waals surface area (Å²) in [5.41, 5.74) is 5.84. The summed E-state index contributed by atoms with van der Waals surface area (Å²) in [4.78, 5) is 11.5. The number of rotatable bonds is 4. The van der Waals surface area contributed by atoms with Crippen molar-refractivity contribution in [3.63, 3.8) is 0 Å². The van der Waals surface area contributed by atoms with E-state index in [1.54, 1.807) is 0 Å². The fourth-order valence-electron chi connectivity index (χ4n) is 2.16. The maximum absolute atomic E-state index is 12.5. The van der Waals surface area contributed by atoms with Crippen molar-refractivity contribution in [3.05, 3.63) is 23.8 Å². The number of nitrogens with one attached hydrogen (secondary N) is 1. The quantitative estimate of drug-likeness (QED) is 0.619. The number of carbonyl (C=O) groups excluding carboxylic acids is 1. The largest absolute Gasteiger partial charge is 0.465 e. The first-order chi connectivity index (χ1) is 9.94. The van der Waals surface area contributed by atoms with E-state index in [4.69, 9.17) is 10.5 Å². The van der Waals surface area contributed by atoms with Gasteiger partial charge in [-0.1, -0.05) is 0 Å². The van der Waals surface area contributed by atoms with Crippen molar-refractivity contribution in [2.75, 3.05) is 26.1 Å². The molecule has 2 rings (SSSR count). The van der Waals surface area contributed by atoms with Crippen molar-refractivity contribution < 1.29 is 22.7 Å². The summed E-state index contributed by atoms with van der Waals surface area (Å²) < 4.78 is 37.3. The summed E-state index contributed by atoms with van der Waals surface area (Å²) in [6, 6.07) is 3.73. The van der Waals surface area contributed by atoms with Crippen LogP contribution in [0.4, 0.5) is 5.69 Å². The van der Waals surface area contributed by atoms with Gasteiger partial charge in [0.1, 0.15) is 0 Å². The molecule has 8 heteroatoms. The van der Waals surface area contributed by atoms with Crippen LogP contribution in [-0.2, 0) is 19.5 Å². The predicted molar refractivity (Wildman–Crippen MR) is 76.4 cm³/mol. The predicted octanol–water partition coefficient (Wildman–Crippen LogP) is 0.513. The molecule has 0 radical (unpaired) electrons. The number of anilines is 1. The molecule has 7 nitrogen and oxygen atoms in total. The molecule has 1 heterocycles. The number of esters is 1. The van der Waals surface area contributed by atoms with Gasteiger partial charge in [-0.2, -0.15) is 0 Å². The maximum Gasteiger partial charge on any atom is 0.339 e. The topological polar surface area (TPSA) is 108 Å². The van der Waals surface area contributed by atoms with Crippen LogP contribution in [0.5, 0.6) is 0 Å². The third kappa shape index (κ3) is 3.72. The smallest absolute Gasteiger partial charge is 0.339 e. The van der Waals surface area contributed by atoms with Crippen molar-refractivity contribution in [1.82, 2.24) is 4.72 Å². The Morgan fingerprint density at radius 2 is 2.24 bits per heavy atom. The number of nitrogens with two attached hydrogens (primary N) is 1. The number of carbonyl (C=O) groups is 1. The zero-order chi connectivity index (χ0) is 15.5. The van der Waals surface area contributed by atoms with E-state index >= 15 is 0 Å². The number of ether oxygens (including phenoxy) is 2. The van der Waals surface area contributed by atoms with Crippen molar-refractivity contribution >= 4 is 21.7 Å². The Labute approximate surface area is 123 Å². The van der Waals surface area contributed by atoms with Crippen molar-refractivity contribution in [2.24, 2.45) is 0 Å². The van der Waals surface area contributed by atoms with Gasteiger partial charge in [-0.25, -0.2) is 17.9 Å². The molecule has 0 spiro atoms. The van der Waals surface area contributed by atoms with E-state index in [9.17, 15) is 13.2 Å². The van der Waals surface area contributed by atoms with E-state index in [0.29, 0.717) is 19.6 Å². The Bertz CT molecular complexity index is 623. The van der Waals surface area contributed by atoms with Crippen molar-refractivity contribution in [1.29, 1.82) is 0 Å². The summed E-state index contributed by atoms with van der Waals surface area (Å²) in [6.45, 7) is 0.943. The lowest BCUT2D eigenvalue weighted by Crippen LogP contribution is -2.41. The minimum Gasteiger partial charge on any atom is -0.465 e. The average Bonchev–Trinajstić information content (AvgIpc) is 2.47. The molecule has 1 fully saturated rings. The molecule has 1 aliphatic heterocycles. The highest BCUT2D eigenvalue weighted by Crippen LogP contribution is 2.21. The van der Waals surface area contributed by atoms with E-state index in [0.717, 1.165) is 6.42 Å². The van der Waals surface area contributed by atoms with E-state index in [2.05, 4.69) is 9.46 Å². The average molecular weight is 314 g/mol. The second kappa shape index (κ2) is 6.42. The lowest BCUT2D eigenvalue weighted by atomic mass is 10.1. The van der Waals surface area contributed by atoms with Gasteiger partial charge in [-0.05, 0) is 31.0 Å². The van der Waals surface area contributed by atoms with E-state index in [1.807, 2.05) is 0 Å². The van der Waals surface area contributed by atoms with Gasteiger partial charge in [0.05, 0.1) is 24.2 Å². The molecule has 0 saturated carbocycles. The number of hydrogen-bond acceptors (Lipinski definition) is 6. The number of methoxy groups -OCH3 is 1. The van der Waals surface area contributed by atoms with Gasteiger partial charge < -0.3 is 15.2 Å². The first-order valence-corrected chi connectivity index (χ1v) is 8.00. The summed E-state index contributed by atoms with van der Waals surface area (Å²) in [5.74, 6) is -0.727. The molecular formula is C13H18N2O5S. The van der Waals surface area contributed by atoms with E-state index in [-0.39, 0.29) is 22.2 Å². The van der Waals surface area contributed by atoms with Gasteiger partial charge in [0.2, 0.25) is 10.0 Å². The lowest BCUT2D eigenvalue weighted by Gasteiger charge is -2.23. The highest BCUT2D eigenvalue weighted by molar-refractivity contribution is 7.89. The van der Waals surface area contributed by atoms with Crippen molar-refractivity contribution in [2.45, 2.75) is 23.8 Å². The molecule has 116 valence electrons. The maximum atomic E-state index is 12.5. The minimum atomic E-state index is -3.88. The fourth-order valence-corrected chi connectivity index (χ4v) is 3.64. The van der Waals surface area contributed by atoms with Crippen LogP contribution in [0.25, 0.3) is 0 Å². The molecule has 1 saturated heterocycles. The van der Waals surface area contributed by atoms with Crippen LogP contribution < -0.4 is 10.5 Å². The summed E-state index contributed by atoms with van der Waals surface area (Å²) in [7, 11) is -2.69. The molecular weight excluding hydrogens is 296 g/mol. The molecule has 0 amide bonds. The standard InChI is InChI=1S/C13H18N2O5S/c1-19-13(16)11-5-4-9(14)7-12(11)21(17,18)15-10-3-2-6-20-8-10/h4-5,7,10,15H,2-3,6,8,14H2,1H3. The van der Waals surface area contributed by atoms with Gasteiger partial charge in [0, 0.05) is 18.3 Å². The summed E-state index contributed by atoms with van der Waals surface area (Å²) >= 11 is 0. The van der Waals surface area contributed by atoms with Crippen LogP contribution in [0.15, 0.2) is 23.1 Å². The molecule has 21 heavy (non-hydrogen) atoms. The van der Waals surface area contributed by atoms with Crippen LogP contribution in [0.3, 0.4) is 0 Å². The fraction of sp³-hybridized carbons (Fsp3) is 0.462. The lowest BCUT2D eigenvalue weighted by molar-refractivity contribution is 0.0596. The summed E-state index contributed by atoms with van der Waals surface area (Å²) in [6.07, 6.45) is 1.48. The molecule has 1 aromatic carbocycles. The Morgan fingerprint density at radius 1 is 1.48 bits per heavy atom. The second-order valence-corrected chi connectivity index (χ2v) is 6.46. The zero-order valence-electron chi connectivity index (χ0n) is 11.7. The van der Waals surface area contributed by atoms with Gasteiger partial charge in [-0.3, -0.25) is 0 Å². The Hall–Kier alpha value is -1.64. The van der Waals surface area contributed by atoms with Crippen molar-refractivity contribution in [3.8, 4) is 0 Å². The van der Waals surface area contributed by atoms with E-state index in [1.165, 1.54) is 25.3 Å². The Kier molecular flexibility index (Phi) is 4.81. The third-order valence-corrected chi connectivity index (χ3v) is 4.74. The van der Waals surface area contributed by atoms with Gasteiger partial charge >= 0.3 is 5.97 Å². The first-order valence-electron chi connectivity index (χ1n) is 6.52. The van der Waals surface area contributed by atoms with Gasteiger partial charge in [0.15, 0.2) is 0 Å². The minimum absolute atomic E-state index is 0.0454. The van der Waals surface area contributed by atoms with Crippen LogP contribution >= 0.6 is 0 Å². The first kappa shape index (κ1) is 15.7. The Morgan fingerprint density at radius 3 is 2.86 bits per heavy atom. The molecule has 0 bridgehead atoms. The number of nitrogen functional groups attached to an aromatic ring is 1. The SMILES string of the molecule is COC(=O)c1ccc(N)cc1S(=O)(=O)NC1CCCOC1. The zero-order valence-corrected chi connectivity index (χ0v) is 12.5. The van der Waals surface area contributed by atoms with Gasteiger partial charge in [-0.15, -0.1) is 0 Å². The molecule has 0 aromatic heterocycles. The molecule has 1 aliphatic rings. The number of benzene rings is 1. The molecule has 1 unspecified atom stereocenters. The van der Waals surface area contributed by atoms with Crippen LogP contribution in [0.1, 0.15) is 23.2 Å². The number of hydrogen-bond donors (Lipinski definition) is 2. The second-order valence-electron chi connectivity index (χ2n) is 4.78. The highest BCUT2D eigenvalue weighted by atomic mass is 32.2. The molecule has 0 aliphatic carbocycles. The number of sulfonamides is 1. The monoisotopic (exact) mass is 314 g/mol. The highest BCUT2D eigenvalue weighted by Gasteiger charge is 2.27. The normalized spacial score (nSPS) is 19.2. The Balaban J connectivity index is 2.33.